The van der Waals surface area contributed by atoms with Gasteiger partial charge in [-0.3, -0.25) is 0 Å². The molecule has 0 aliphatic carbocycles. The van der Waals surface area contributed by atoms with Crippen LogP contribution in [0.3, 0.4) is 0 Å². The molecule has 0 aromatic carbocycles. The van der Waals surface area contributed by atoms with E-state index in [4.69, 9.17) is 4.74 Å². The molecule has 1 aromatic rings. The van der Waals surface area contributed by atoms with Crippen LogP contribution in [0.5, 0.6) is 0 Å². The van der Waals surface area contributed by atoms with E-state index in [-0.39, 0.29) is 6.10 Å². The van der Waals surface area contributed by atoms with E-state index < -0.39 is 0 Å². The number of hydrogen-bond acceptors (Lipinski definition) is 2. The van der Waals surface area contributed by atoms with Crippen LogP contribution in [0.1, 0.15) is 38.0 Å². The van der Waals surface area contributed by atoms with Gasteiger partial charge in [-0.15, -0.1) is 0 Å². The maximum Gasteiger partial charge on any atom is 0.0945 e. The lowest BCUT2D eigenvalue weighted by atomic mass is 10.1. The summed E-state index contributed by atoms with van der Waals surface area (Å²) in [7, 11) is 0. The topological polar surface area (TPSA) is 37.0 Å². The molecule has 3 heteroatoms. The van der Waals surface area contributed by atoms with E-state index in [1.165, 1.54) is 19.3 Å². The van der Waals surface area contributed by atoms with Crippen molar-refractivity contribution < 1.29 is 4.74 Å². The Labute approximate surface area is 91.2 Å². The van der Waals surface area contributed by atoms with Gasteiger partial charge in [0.25, 0.3) is 0 Å². The molecule has 0 radical (unpaired) electrons. The normalized spacial score (nSPS) is 23.9. The Morgan fingerprint density at radius 2 is 2.47 bits per heavy atom. The van der Waals surface area contributed by atoms with E-state index in [0.717, 1.165) is 18.8 Å². The average Bonchev–Trinajstić information content (AvgIpc) is 2.81. The van der Waals surface area contributed by atoms with E-state index in [1.807, 2.05) is 12.3 Å². The lowest BCUT2D eigenvalue weighted by Crippen LogP contribution is -2.37. The van der Waals surface area contributed by atoms with E-state index in [1.54, 1.807) is 0 Å². The number of H-pyrrole nitrogens is 1. The molecule has 1 fully saturated rings. The Hall–Kier alpha value is -0.800. The van der Waals surface area contributed by atoms with Gasteiger partial charge in [-0.05, 0) is 38.4 Å². The van der Waals surface area contributed by atoms with Crippen molar-refractivity contribution in [1.29, 1.82) is 0 Å². The number of piperidine rings is 1. The van der Waals surface area contributed by atoms with Crippen LogP contribution >= 0.6 is 0 Å². The number of aromatic amines is 1. The number of nitrogens with one attached hydrogen (secondary N) is 2. The molecule has 84 valence electrons. The minimum Gasteiger partial charge on any atom is -0.371 e. The van der Waals surface area contributed by atoms with Gasteiger partial charge in [-0.1, -0.05) is 6.42 Å². The molecule has 3 nitrogen and oxygen atoms in total. The predicted molar refractivity (Wildman–Crippen MR) is 60.8 cm³/mol. The third kappa shape index (κ3) is 3.08. The predicted octanol–water partition coefficient (Wildman–Crippen LogP) is 2.23. The van der Waals surface area contributed by atoms with Crippen molar-refractivity contribution in [1.82, 2.24) is 10.3 Å². The zero-order chi connectivity index (χ0) is 10.5. The molecule has 15 heavy (non-hydrogen) atoms. The van der Waals surface area contributed by atoms with Crippen molar-refractivity contribution in [2.75, 3.05) is 13.2 Å². The molecule has 1 saturated heterocycles. The second-order valence-electron chi connectivity index (χ2n) is 4.25. The fraction of sp³-hybridized carbons (Fsp3) is 0.667. The highest BCUT2D eigenvalue weighted by molar-refractivity contribution is 5.06. The number of hydrogen-bond donors (Lipinski definition) is 2. The van der Waals surface area contributed by atoms with Crippen LogP contribution in [0.25, 0.3) is 0 Å². The van der Waals surface area contributed by atoms with Crippen molar-refractivity contribution in [2.45, 2.75) is 38.3 Å². The zero-order valence-corrected chi connectivity index (χ0v) is 9.33. The average molecular weight is 208 g/mol. The molecule has 2 atom stereocenters. The first-order valence-corrected chi connectivity index (χ1v) is 5.84. The SMILES string of the molecule is C[C@H](OC[C@@H]1CCCCN1)c1ccc[nH]1. The maximum absolute atomic E-state index is 5.83. The third-order valence-electron chi connectivity index (χ3n) is 3.02. The monoisotopic (exact) mass is 208 g/mol. The molecule has 0 amide bonds. The second kappa shape index (κ2) is 5.33. The molecule has 1 aliphatic heterocycles. The summed E-state index contributed by atoms with van der Waals surface area (Å²) in [4.78, 5) is 3.18. The first-order chi connectivity index (χ1) is 7.36. The fourth-order valence-corrected chi connectivity index (χ4v) is 2.01. The zero-order valence-electron chi connectivity index (χ0n) is 9.33. The van der Waals surface area contributed by atoms with Crippen LogP contribution in [0.4, 0.5) is 0 Å². The standard InChI is InChI=1S/C12H20N2O/c1-10(12-6-4-8-14-12)15-9-11-5-2-3-7-13-11/h4,6,8,10-11,13-14H,2-3,5,7,9H2,1H3/t10-,11-/m0/s1. The van der Waals surface area contributed by atoms with E-state index in [2.05, 4.69) is 23.3 Å². The van der Waals surface area contributed by atoms with Crippen molar-refractivity contribution in [3.63, 3.8) is 0 Å². The van der Waals surface area contributed by atoms with E-state index >= 15 is 0 Å². The van der Waals surface area contributed by atoms with Gasteiger partial charge in [-0.25, -0.2) is 0 Å². The quantitative estimate of drug-likeness (QED) is 0.796. The molecule has 2 heterocycles. The molecular formula is C12H20N2O. The second-order valence-corrected chi connectivity index (χ2v) is 4.25. The first kappa shape index (κ1) is 10.7. The van der Waals surface area contributed by atoms with Gasteiger partial charge < -0.3 is 15.0 Å². The Bertz CT molecular complexity index is 265. The minimum absolute atomic E-state index is 0.170. The fourth-order valence-electron chi connectivity index (χ4n) is 2.01. The Morgan fingerprint density at radius 1 is 1.53 bits per heavy atom. The van der Waals surface area contributed by atoms with Gasteiger partial charge in [-0.2, -0.15) is 0 Å². The first-order valence-electron chi connectivity index (χ1n) is 5.84. The minimum atomic E-state index is 0.170. The molecule has 1 aromatic heterocycles. The summed E-state index contributed by atoms with van der Waals surface area (Å²) in [6.45, 7) is 4.06. The van der Waals surface area contributed by atoms with Gasteiger partial charge in [0, 0.05) is 17.9 Å². The van der Waals surface area contributed by atoms with Gasteiger partial charge in [0.2, 0.25) is 0 Å². The molecule has 0 saturated carbocycles. The number of aromatic nitrogens is 1. The summed E-state index contributed by atoms with van der Waals surface area (Å²) in [5.41, 5.74) is 1.16. The van der Waals surface area contributed by atoms with Gasteiger partial charge >= 0.3 is 0 Å². The van der Waals surface area contributed by atoms with Crippen LogP contribution in [0, 0.1) is 0 Å². The van der Waals surface area contributed by atoms with Gasteiger partial charge in [0.05, 0.1) is 12.7 Å². The summed E-state index contributed by atoms with van der Waals surface area (Å²) in [5.74, 6) is 0. The highest BCUT2D eigenvalue weighted by Gasteiger charge is 2.14. The smallest absolute Gasteiger partial charge is 0.0945 e. The Morgan fingerprint density at radius 3 is 3.13 bits per heavy atom. The van der Waals surface area contributed by atoms with Crippen LogP contribution in [0.2, 0.25) is 0 Å². The summed E-state index contributed by atoms with van der Waals surface area (Å²) < 4.78 is 5.83. The molecular weight excluding hydrogens is 188 g/mol. The number of ether oxygens (including phenoxy) is 1. The Kier molecular flexibility index (Phi) is 3.80. The molecule has 2 N–H and O–H groups in total. The largest absolute Gasteiger partial charge is 0.371 e. The molecule has 0 unspecified atom stereocenters. The molecule has 1 aliphatic rings. The lowest BCUT2D eigenvalue weighted by Gasteiger charge is -2.24. The summed E-state index contributed by atoms with van der Waals surface area (Å²) in [6.07, 6.45) is 6.00. The molecule has 0 bridgehead atoms. The Balaban J connectivity index is 1.73. The molecule has 2 rings (SSSR count). The van der Waals surface area contributed by atoms with Crippen molar-refractivity contribution in [2.24, 2.45) is 0 Å². The lowest BCUT2D eigenvalue weighted by molar-refractivity contribution is 0.0419. The maximum atomic E-state index is 5.83. The van der Waals surface area contributed by atoms with Crippen LogP contribution in [-0.2, 0) is 4.74 Å². The summed E-state index contributed by atoms with van der Waals surface area (Å²) in [5, 5.41) is 3.48. The van der Waals surface area contributed by atoms with Crippen molar-refractivity contribution >= 4 is 0 Å². The van der Waals surface area contributed by atoms with E-state index in [9.17, 15) is 0 Å². The summed E-state index contributed by atoms with van der Waals surface area (Å²) in [6, 6.07) is 4.63. The highest BCUT2D eigenvalue weighted by atomic mass is 16.5. The van der Waals surface area contributed by atoms with Crippen molar-refractivity contribution in [3.8, 4) is 0 Å². The van der Waals surface area contributed by atoms with Crippen molar-refractivity contribution in [3.05, 3.63) is 24.0 Å². The summed E-state index contributed by atoms with van der Waals surface area (Å²) >= 11 is 0. The van der Waals surface area contributed by atoms with Gasteiger partial charge in [0.15, 0.2) is 0 Å². The third-order valence-corrected chi connectivity index (χ3v) is 3.02. The highest BCUT2D eigenvalue weighted by Crippen LogP contribution is 2.16. The van der Waals surface area contributed by atoms with Crippen LogP contribution in [-0.4, -0.2) is 24.2 Å². The van der Waals surface area contributed by atoms with Crippen LogP contribution in [0.15, 0.2) is 18.3 Å². The van der Waals surface area contributed by atoms with Gasteiger partial charge in [0.1, 0.15) is 0 Å². The number of rotatable bonds is 4. The van der Waals surface area contributed by atoms with Crippen LogP contribution < -0.4 is 5.32 Å². The molecule has 0 spiro atoms. The van der Waals surface area contributed by atoms with E-state index in [0.29, 0.717) is 6.04 Å².